The zero-order chi connectivity index (χ0) is 32.8. The summed E-state index contributed by atoms with van der Waals surface area (Å²) in [5, 5.41) is 9.43. The Kier molecular flexibility index (Phi) is 6.39. The van der Waals surface area contributed by atoms with Crippen LogP contribution in [0.25, 0.3) is 58.7 Å². The summed E-state index contributed by atoms with van der Waals surface area (Å²) < 4.78 is 5.06. The molecule has 0 saturated heterocycles. The van der Waals surface area contributed by atoms with Gasteiger partial charge in [0, 0.05) is 53.2 Å². The first-order valence-electron chi connectivity index (χ1n) is 17.3. The molecule has 0 saturated carbocycles. The summed E-state index contributed by atoms with van der Waals surface area (Å²) in [5.41, 5.74) is 10.3. The van der Waals surface area contributed by atoms with Crippen molar-refractivity contribution >= 4 is 76.9 Å². The number of allylic oxidation sites excluding steroid dienone is 3. The Bertz CT molecular complexity index is 2750. The van der Waals surface area contributed by atoms with Crippen LogP contribution in [0.1, 0.15) is 34.9 Å². The van der Waals surface area contributed by atoms with E-state index in [1.54, 1.807) is 0 Å². The zero-order valence-corrected chi connectivity index (χ0v) is 28.7. The fraction of sp³-hybridized carbons (Fsp3) is 0.0889. The number of rotatable bonds is 4. The Labute approximate surface area is 298 Å². The molecular weight excluding hydrogens is 647 g/mol. The van der Waals surface area contributed by atoms with E-state index in [4.69, 9.17) is 4.99 Å². The highest BCUT2D eigenvalue weighted by molar-refractivity contribution is 8.00. The molecule has 50 heavy (non-hydrogen) atoms. The second-order valence-corrected chi connectivity index (χ2v) is 15.7. The van der Waals surface area contributed by atoms with Crippen molar-refractivity contribution in [3.63, 3.8) is 0 Å². The van der Waals surface area contributed by atoms with Crippen molar-refractivity contribution < 1.29 is 0 Å². The molecule has 11 rings (SSSR count). The van der Waals surface area contributed by atoms with Crippen molar-refractivity contribution in [3.8, 4) is 11.1 Å². The quantitative estimate of drug-likeness (QED) is 0.201. The third-order valence-electron chi connectivity index (χ3n) is 10.7. The van der Waals surface area contributed by atoms with E-state index in [9.17, 15) is 0 Å². The van der Waals surface area contributed by atoms with Gasteiger partial charge in [-0.3, -0.25) is 10.3 Å². The average molecular weight is 678 g/mol. The van der Waals surface area contributed by atoms with Crippen LogP contribution in [-0.4, -0.2) is 16.0 Å². The van der Waals surface area contributed by atoms with Crippen LogP contribution in [0.3, 0.4) is 0 Å². The second-order valence-electron chi connectivity index (χ2n) is 13.4. The third-order valence-corrected chi connectivity index (χ3v) is 13.4. The maximum atomic E-state index is 5.07. The molecule has 6 aromatic carbocycles. The Morgan fingerprint density at radius 2 is 1.44 bits per heavy atom. The van der Waals surface area contributed by atoms with Crippen molar-refractivity contribution in [2.24, 2.45) is 4.99 Å². The lowest BCUT2D eigenvalue weighted by molar-refractivity contribution is 0.458. The first-order chi connectivity index (χ1) is 24.8. The summed E-state index contributed by atoms with van der Waals surface area (Å²) in [7, 11) is 0. The number of aromatic nitrogens is 1. The summed E-state index contributed by atoms with van der Waals surface area (Å²) in [4.78, 5) is 6.47. The predicted molar refractivity (Wildman–Crippen MR) is 214 cm³/mol. The van der Waals surface area contributed by atoms with Crippen molar-refractivity contribution in [3.05, 3.63) is 168 Å². The topological polar surface area (TPSA) is 29.3 Å². The highest BCUT2D eigenvalue weighted by atomic mass is 32.2. The molecule has 0 amide bonds. The first kappa shape index (κ1) is 28.6. The molecular formula is C45H31N3S2. The Hall–Kier alpha value is -5.20. The van der Waals surface area contributed by atoms with Gasteiger partial charge in [0.1, 0.15) is 0 Å². The number of para-hydroxylation sites is 1. The average Bonchev–Trinajstić information content (AvgIpc) is 3.96. The predicted octanol–water partition coefficient (Wildman–Crippen LogP) is 11.9. The summed E-state index contributed by atoms with van der Waals surface area (Å²) in [6.45, 7) is 0. The standard InChI is InChI=1S/C45H31N3S2/c1-4-16-39-32(9-1)37-25-29(31-13-8-15-36-34-11-3-6-18-42(34)50-44(31)36)23-24-40(37)48(39)45-46-26-38(47-45)28-21-19-27(20-22-28)30-12-7-14-35-33-10-2-5-17-41(33)49-43(30)35/h1-26,36,38,44-45,47H. The molecule has 0 spiro atoms. The lowest BCUT2D eigenvalue weighted by atomic mass is 9.85. The van der Waals surface area contributed by atoms with Crippen LogP contribution in [0.15, 0.2) is 162 Å². The van der Waals surface area contributed by atoms with Crippen molar-refractivity contribution in [1.29, 1.82) is 0 Å². The number of fused-ring (bicyclic) bond motifs is 9. The monoisotopic (exact) mass is 677 g/mol. The Morgan fingerprint density at radius 3 is 2.38 bits per heavy atom. The van der Waals surface area contributed by atoms with Gasteiger partial charge in [-0.2, -0.15) is 0 Å². The van der Waals surface area contributed by atoms with Crippen LogP contribution in [-0.2, 0) is 0 Å². The maximum Gasteiger partial charge on any atom is 0.180 e. The third kappa shape index (κ3) is 4.30. The van der Waals surface area contributed by atoms with Gasteiger partial charge in [-0.15, -0.1) is 23.1 Å². The molecule has 2 aliphatic heterocycles. The maximum absolute atomic E-state index is 5.07. The summed E-state index contributed by atoms with van der Waals surface area (Å²) in [5.74, 6) is 0.417. The van der Waals surface area contributed by atoms with Gasteiger partial charge in [0.15, 0.2) is 6.29 Å². The van der Waals surface area contributed by atoms with Crippen molar-refractivity contribution in [2.45, 2.75) is 28.4 Å². The highest BCUT2D eigenvalue weighted by Gasteiger charge is 2.36. The van der Waals surface area contributed by atoms with Gasteiger partial charge in [0.05, 0.1) is 17.1 Å². The SMILES string of the molecule is C1=CC2c3ccccc3SC2C(c2ccc3c(c2)c2ccccc2n3C2N=CC(c3ccc(-c4cccc5c4sc4ccccc45)cc3)N2)=C1. The molecule has 0 radical (unpaired) electrons. The Morgan fingerprint density at radius 1 is 0.660 bits per heavy atom. The van der Waals surface area contributed by atoms with E-state index in [-0.39, 0.29) is 12.3 Å². The number of benzene rings is 6. The second kappa shape index (κ2) is 11.2. The van der Waals surface area contributed by atoms with E-state index in [0.29, 0.717) is 11.2 Å². The van der Waals surface area contributed by atoms with Crippen LogP contribution in [0.2, 0.25) is 0 Å². The van der Waals surface area contributed by atoms with E-state index in [1.165, 1.54) is 80.3 Å². The minimum absolute atomic E-state index is 0.0294. The van der Waals surface area contributed by atoms with Crippen LogP contribution in [0, 0.1) is 0 Å². The van der Waals surface area contributed by atoms with Crippen LogP contribution in [0.5, 0.6) is 0 Å². The van der Waals surface area contributed by atoms with Gasteiger partial charge in [-0.1, -0.05) is 121 Å². The molecule has 238 valence electrons. The highest BCUT2D eigenvalue weighted by Crippen LogP contribution is 2.53. The fourth-order valence-electron chi connectivity index (χ4n) is 8.36. The molecule has 4 unspecified atom stereocenters. The van der Waals surface area contributed by atoms with Crippen LogP contribution >= 0.6 is 23.1 Å². The van der Waals surface area contributed by atoms with Crippen LogP contribution < -0.4 is 5.32 Å². The number of nitrogens with zero attached hydrogens (tertiary/aromatic N) is 2. The summed E-state index contributed by atoms with van der Waals surface area (Å²) in [6, 6.07) is 49.1. The molecule has 0 bridgehead atoms. The summed E-state index contributed by atoms with van der Waals surface area (Å²) >= 11 is 3.88. The van der Waals surface area contributed by atoms with Gasteiger partial charge in [0.2, 0.25) is 0 Å². The van der Waals surface area contributed by atoms with Gasteiger partial charge in [-0.05, 0) is 63.7 Å². The number of thiophene rings is 1. The Balaban J connectivity index is 0.909. The fourth-order valence-corrected chi connectivity index (χ4v) is 11.1. The lowest BCUT2D eigenvalue weighted by Crippen LogP contribution is -2.24. The summed E-state index contributed by atoms with van der Waals surface area (Å²) in [6.07, 6.45) is 8.83. The van der Waals surface area contributed by atoms with Crippen molar-refractivity contribution in [2.75, 3.05) is 0 Å². The smallest absolute Gasteiger partial charge is 0.180 e. The van der Waals surface area contributed by atoms with Crippen molar-refractivity contribution in [1.82, 2.24) is 9.88 Å². The van der Waals surface area contributed by atoms with Crippen LogP contribution in [0.4, 0.5) is 0 Å². The molecule has 4 heterocycles. The van der Waals surface area contributed by atoms with E-state index < -0.39 is 0 Å². The normalized spacial score (nSPS) is 21.0. The number of nitrogens with one attached hydrogen (secondary N) is 1. The van der Waals surface area contributed by atoms with E-state index in [0.717, 1.165) is 0 Å². The molecule has 3 aliphatic rings. The largest absolute Gasteiger partial charge is 0.305 e. The molecule has 0 fully saturated rings. The van der Waals surface area contributed by atoms with E-state index in [2.05, 4.69) is 168 Å². The number of hydrogen-bond donors (Lipinski definition) is 1. The molecule has 4 atom stereocenters. The molecule has 1 aliphatic carbocycles. The molecule has 2 aromatic heterocycles. The van der Waals surface area contributed by atoms with E-state index in [1.807, 2.05) is 23.1 Å². The van der Waals surface area contributed by atoms with Gasteiger partial charge in [-0.25, -0.2) is 0 Å². The molecule has 3 nitrogen and oxygen atoms in total. The minimum Gasteiger partial charge on any atom is -0.305 e. The molecule has 1 N–H and O–H groups in total. The van der Waals surface area contributed by atoms with E-state index >= 15 is 0 Å². The van der Waals surface area contributed by atoms with Gasteiger partial charge in [0.25, 0.3) is 0 Å². The lowest BCUT2D eigenvalue weighted by Gasteiger charge is -2.23. The minimum atomic E-state index is -0.193. The van der Waals surface area contributed by atoms with Gasteiger partial charge >= 0.3 is 0 Å². The molecule has 5 heteroatoms. The number of hydrogen-bond acceptors (Lipinski definition) is 4. The zero-order valence-electron chi connectivity index (χ0n) is 27.0. The molecule has 8 aromatic rings. The number of aliphatic imine (C=N–C) groups is 1. The first-order valence-corrected chi connectivity index (χ1v) is 19.0. The van der Waals surface area contributed by atoms with Gasteiger partial charge < -0.3 is 4.57 Å². The number of thioether (sulfide) groups is 1.